The van der Waals surface area contributed by atoms with Gasteiger partial charge in [-0.1, -0.05) is 35.9 Å². The van der Waals surface area contributed by atoms with Gasteiger partial charge >= 0.3 is 12.0 Å². The first kappa shape index (κ1) is 21.7. The molecule has 0 fully saturated rings. The normalized spacial score (nSPS) is 16.0. The molecule has 1 aliphatic rings. The fraction of sp³-hybridized carbons (Fsp3) is 0.273. The van der Waals surface area contributed by atoms with E-state index in [0.29, 0.717) is 28.6 Å². The smallest absolute Gasteiger partial charge is 0.338 e. The lowest BCUT2D eigenvalue weighted by Crippen LogP contribution is -2.48. The van der Waals surface area contributed by atoms with Crippen molar-refractivity contribution in [2.45, 2.75) is 19.5 Å². The molecule has 0 unspecified atom stereocenters. The first-order valence-corrected chi connectivity index (χ1v) is 9.96. The van der Waals surface area contributed by atoms with Gasteiger partial charge in [-0.3, -0.25) is 0 Å². The van der Waals surface area contributed by atoms with Crippen LogP contribution >= 0.6 is 11.6 Å². The molecule has 8 heteroatoms. The summed E-state index contributed by atoms with van der Waals surface area (Å²) in [6, 6.07) is 13.6. The van der Waals surface area contributed by atoms with Crippen molar-refractivity contribution in [3.63, 3.8) is 0 Å². The highest BCUT2D eigenvalue weighted by molar-refractivity contribution is 6.30. The van der Waals surface area contributed by atoms with Gasteiger partial charge in [-0.15, -0.1) is 0 Å². The van der Waals surface area contributed by atoms with Crippen LogP contribution in [0.15, 0.2) is 59.8 Å². The van der Waals surface area contributed by atoms with Crippen molar-refractivity contribution in [3.05, 3.63) is 76.0 Å². The molecule has 7 nitrogen and oxygen atoms in total. The lowest BCUT2D eigenvalue weighted by Gasteiger charge is -2.29. The van der Waals surface area contributed by atoms with Gasteiger partial charge in [-0.05, 0) is 42.3 Å². The van der Waals surface area contributed by atoms with Gasteiger partial charge in [0.15, 0.2) is 0 Å². The van der Waals surface area contributed by atoms with Crippen molar-refractivity contribution in [1.82, 2.24) is 16.0 Å². The van der Waals surface area contributed by atoms with Gasteiger partial charge in [0.25, 0.3) is 0 Å². The zero-order chi connectivity index (χ0) is 21.5. The maximum atomic E-state index is 12.8. The van der Waals surface area contributed by atoms with Crippen LogP contribution in [-0.2, 0) is 16.1 Å². The standard InChI is InChI=1S/C22H24ClN3O4/c1-3-30-21(27)19-18(13-24-12-14-4-8-16(23)9-5-14)25-22(28)26-20(19)15-6-10-17(29-2)11-7-15/h4-11,20,24H,3,12-13H2,1-2H3,(H2,25,26,28)/t20-/m0/s1. The Bertz CT molecular complexity index is 926. The molecule has 2 amide bonds. The molecule has 0 aromatic heterocycles. The van der Waals surface area contributed by atoms with E-state index in [1.807, 2.05) is 36.4 Å². The van der Waals surface area contributed by atoms with Crippen molar-refractivity contribution in [2.75, 3.05) is 20.3 Å². The molecule has 3 N–H and O–H groups in total. The van der Waals surface area contributed by atoms with E-state index in [9.17, 15) is 9.59 Å². The Labute approximate surface area is 180 Å². The largest absolute Gasteiger partial charge is 0.497 e. The molecule has 3 rings (SSSR count). The summed E-state index contributed by atoms with van der Waals surface area (Å²) < 4.78 is 10.5. The molecule has 2 aromatic rings. The van der Waals surface area contributed by atoms with Gasteiger partial charge in [0.2, 0.25) is 0 Å². The van der Waals surface area contributed by atoms with E-state index in [-0.39, 0.29) is 19.2 Å². The summed E-state index contributed by atoms with van der Waals surface area (Å²) in [6.45, 7) is 2.81. The summed E-state index contributed by atoms with van der Waals surface area (Å²) >= 11 is 5.92. The van der Waals surface area contributed by atoms with Gasteiger partial charge in [0, 0.05) is 23.8 Å². The van der Waals surface area contributed by atoms with Crippen LogP contribution in [0.5, 0.6) is 5.75 Å². The van der Waals surface area contributed by atoms with E-state index < -0.39 is 12.0 Å². The van der Waals surface area contributed by atoms with E-state index in [1.165, 1.54) is 0 Å². The lowest BCUT2D eigenvalue weighted by molar-refractivity contribution is -0.139. The van der Waals surface area contributed by atoms with Gasteiger partial charge in [0.05, 0.1) is 25.3 Å². The average Bonchev–Trinajstić information content (AvgIpc) is 2.75. The predicted octanol–water partition coefficient (Wildman–Crippen LogP) is 3.31. The first-order chi connectivity index (χ1) is 14.5. The van der Waals surface area contributed by atoms with Crippen LogP contribution in [-0.4, -0.2) is 32.3 Å². The van der Waals surface area contributed by atoms with Crippen LogP contribution in [0.2, 0.25) is 5.02 Å². The summed E-state index contributed by atoms with van der Waals surface area (Å²) in [5.41, 5.74) is 2.63. The average molecular weight is 430 g/mol. The molecule has 0 bridgehead atoms. The van der Waals surface area contributed by atoms with Gasteiger partial charge in [0.1, 0.15) is 5.75 Å². The fourth-order valence-electron chi connectivity index (χ4n) is 3.19. The van der Waals surface area contributed by atoms with Crippen LogP contribution in [0.4, 0.5) is 4.79 Å². The molecule has 0 saturated carbocycles. The summed E-state index contributed by atoms with van der Waals surface area (Å²) in [5, 5.41) is 9.48. The van der Waals surface area contributed by atoms with E-state index in [2.05, 4.69) is 16.0 Å². The van der Waals surface area contributed by atoms with Gasteiger partial charge in [-0.2, -0.15) is 0 Å². The van der Waals surface area contributed by atoms with E-state index >= 15 is 0 Å². The zero-order valence-electron chi connectivity index (χ0n) is 16.8. The predicted molar refractivity (Wildman–Crippen MR) is 114 cm³/mol. The lowest BCUT2D eigenvalue weighted by atomic mass is 9.95. The molecule has 0 spiro atoms. The van der Waals surface area contributed by atoms with Crippen molar-refractivity contribution in [1.29, 1.82) is 0 Å². The summed E-state index contributed by atoms with van der Waals surface area (Å²) in [7, 11) is 1.58. The second kappa shape index (κ2) is 10.1. The molecule has 1 atom stereocenters. The zero-order valence-corrected chi connectivity index (χ0v) is 17.6. The quantitative estimate of drug-likeness (QED) is 0.560. The molecule has 0 radical (unpaired) electrons. The molecule has 1 aliphatic heterocycles. The second-order valence-corrected chi connectivity index (χ2v) is 7.08. The van der Waals surface area contributed by atoms with Crippen molar-refractivity contribution in [2.24, 2.45) is 0 Å². The molecular weight excluding hydrogens is 406 g/mol. The van der Waals surface area contributed by atoms with Crippen molar-refractivity contribution < 1.29 is 19.1 Å². The SMILES string of the molecule is CCOC(=O)C1=C(CNCc2ccc(Cl)cc2)NC(=O)N[C@H]1c1ccc(OC)cc1. The molecule has 2 aromatic carbocycles. The van der Waals surface area contributed by atoms with Crippen molar-refractivity contribution in [3.8, 4) is 5.75 Å². The Morgan fingerprint density at radius 3 is 2.43 bits per heavy atom. The number of amides is 2. The van der Waals surface area contributed by atoms with Crippen LogP contribution in [0.3, 0.4) is 0 Å². The Balaban J connectivity index is 1.86. The van der Waals surface area contributed by atoms with Crippen molar-refractivity contribution >= 4 is 23.6 Å². The Hall–Kier alpha value is -3.03. The number of esters is 1. The molecule has 0 aliphatic carbocycles. The summed E-state index contributed by atoms with van der Waals surface area (Å²) in [6.07, 6.45) is 0. The minimum Gasteiger partial charge on any atom is -0.497 e. The molecule has 158 valence electrons. The number of rotatable bonds is 8. The minimum atomic E-state index is -0.629. The highest BCUT2D eigenvalue weighted by Crippen LogP contribution is 2.29. The highest BCUT2D eigenvalue weighted by Gasteiger charge is 2.33. The topological polar surface area (TPSA) is 88.7 Å². The van der Waals surface area contributed by atoms with Crippen LogP contribution in [0, 0.1) is 0 Å². The Morgan fingerprint density at radius 1 is 1.10 bits per heavy atom. The monoisotopic (exact) mass is 429 g/mol. The number of halogens is 1. The van der Waals surface area contributed by atoms with Crippen LogP contribution < -0.4 is 20.7 Å². The third kappa shape index (κ3) is 5.31. The summed E-state index contributed by atoms with van der Waals surface area (Å²) in [5.74, 6) is 0.208. The first-order valence-electron chi connectivity index (χ1n) is 9.58. The Morgan fingerprint density at radius 2 is 1.80 bits per heavy atom. The number of nitrogens with one attached hydrogen (secondary N) is 3. The number of ether oxygens (including phenoxy) is 2. The number of benzene rings is 2. The maximum absolute atomic E-state index is 12.8. The maximum Gasteiger partial charge on any atom is 0.338 e. The molecule has 1 heterocycles. The third-order valence-electron chi connectivity index (χ3n) is 4.64. The fourth-order valence-corrected chi connectivity index (χ4v) is 3.31. The molecular formula is C22H24ClN3O4. The molecule has 30 heavy (non-hydrogen) atoms. The summed E-state index contributed by atoms with van der Waals surface area (Å²) in [4.78, 5) is 25.1. The van der Waals surface area contributed by atoms with Gasteiger partial charge in [-0.25, -0.2) is 9.59 Å². The minimum absolute atomic E-state index is 0.233. The van der Waals surface area contributed by atoms with E-state index in [1.54, 1.807) is 26.2 Å². The second-order valence-electron chi connectivity index (χ2n) is 6.65. The number of methoxy groups -OCH3 is 1. The number of hydrogen-bond acceptors (Lipinski definition) is 5. The van der Waals surface area contributed by atoms with Crippen LogP contribution in [0.25, 0.3) is 0 Å². The number of urea groups is 1. The van der Waals surface area contributed by atoms with Crippen LogP contribution in [0.1, 0.15) is 24.1 Å². The number of hydrogen-bond donors (Lipinski definition) is 3. The van der Waals surface area contributed by atoms with Gasteiger partial charge < -0.3 is 25.4 Å². The number of carbonyl (C=O) groups is 2. The van der Waals surface area contributed by atoms with E-state index in [4.69, 9.17) is 21.1 Å². The molecule has 0 saturated heterocycles. The van der Waals surface area contributed by atoms with E-state index in [0.717, 1.165) is 11.1 Å². The highest BCUT2D eigenvalue weighted by atomic mass is 35.5. The number of carbonyl (C=O) groups excluding carboxylic acids is 2. The Kier molecular flexibility index (Phi) is 7.32. The third-order valence-corrected chi connectivity index (χ3v) is 4.89.